The van der Waals surface area contributed by atoms with E-state index in [4.69, 9.17) is 10.8 Å². The van der Waals surface area contributed by atoms with Crippen molar-refractivity contribution in [2.24, 2.45) is 11.7 Å². The van der Waals surface area contributed by atoms with Crippen molar-refractivity contribution in [3.05, 3.63) is 16.1 Å². The van der Waals surface area contributed by atoms with Gasteiger partial charge >= 0.3 is 5.97 Å². The van der Waals surface area contributed by atoms with Crippen LogP contribution in [0.1, 0.15) is 48.7 Å². The summed E-state index contributed by atoms with van der Waals surface area (Å²) >= 11 is 1.32. The molecule has 0 saturated carbocycles. The highest BCUT2D eigenvalue weighted by Crippen LogP contribution is 2.16. The molecule has 4 N–H and O–H groups in total. The zero-order valence-corrected chi connectivity index (χ0v) is 12.0. The quantitative estimate of drug-likeness (QED) is 0.732. The molecule has 1 heterocycles. The van der Waals surface area contributed by atoms with Gasteiger partial charge in [0.2, 0.25) is 0 Å². The third-order valence-corrected chi connectivity index (χ3v) is 3.71. The molecule has 0 aliphatic heterocycles. The van der Waals surface area contributed by atoms with Gasteiger partial charge in [0.15, 0.2) is 0 Å². The fourth-order valence-corrected chi connectivity index (χ4v) is 2.24. The number of hydrogen-bond acceptors (Lipinski definition) is 5. The molecule has 0 bridgehead atoms. The Morgan fingerprint density at radius 2 is 2.11 bits per heavy atom. The fourth-order valence-electron chi connectivity index (χ4n) is 1.48. The molecule has 0 fully saturated rings. The van der Waals surface area contributed by atoms with Gasteiger partial charge in [-0.25, -0.2) is 4.98 Å². The highest BCUT2D eigenvalue weighted by atomic mass is 32.1. The molecule has 0 aliphatic rings. The van der Waals surface area contributed by atoms with Crippen LogP contribution < -0.4 is 11.1 Å². The second kappa shape index (κ2) is 6.63. The summed E-state index contributed by atoms with van der Waals surface area (Å²) in [5.41, 5.74) is 5.97. The Kier molecular flexibility index (Phi) is 5.44. The van der Waals surface area contributed by atoms with E-state index in [2.05, 4.69) is 10.3 Å². The Hall–Kier alpha value is -1.47. The Morgan fingerprint density at radius 3 is 2.53 bits per heavy atom. The van der Waals surface area contributed by atoms with Crippen molar-refractivity contribution in [2.45, 2.75) is 39.3 Å². The zero-order valence-electron chi connectivity index (χ0n) is 11.2. The lowest BCUT2D eigenvalue weighted by atomic mass is 10.0. The van der Waals surface area contributed by atoms with Gasteiger partial charge in [-0.3, -0.25) is 9.59 Å². The molecule has 1 aromatic rings. The molecular weight excluding hydrogens is 266 g/mol. The van der Waals surface area contributed by atoms with Crippen LogP contribution in [0, 0.1) is 5.92 Å². The van der Waals surface area contributed by atoms with Gasteiger partial charge in [0, 0.05) is 11.4 Å². The second-order valence-electron chi connectivity index (χ2n) is 4.78. The maximum absolute atomic E-state index is 12.0. The monoisotopic (exact) mass is 285 g/mol. The summed E-state index contributed by atoms with van der Waals surface area (Å²) in [5.74, 6) is -1.26. The number of carbonyl (C=O) groups excluding carboxylic acids is 1. The lowest BCUT2D eigenvalue weighted by Gasteiger charge is -2.19. The Morgan fingerprint density at radius 1 is 1.47 bits per heavy atom. The first-order valence-corrected chi connectivity index (χ1v) is 6.93. The van der Waals surface area contributed by atoms with Crippen LogP contribution in [0.15, 0.2) is 5.38 Å². The maximum atomic E-state index is 12.0. The normalized spacial score (nSPS) is 14.2. The Labute approximate surface area is 116 Å². The maximum Gasteiger partial charge on any atom is 0.305 e. The Bertz CT molecular complexity index is 457. The van der Waals surface area contributed by atoms with Crippen LogP contribution in [0.4, 0.5) is 0 Å². The van der Waals surface area contributed by atoms with Gasteiger partial charge in [-0.2, -0.15) is 0 Å². The largest absolute Gasteiger partial charge is 0.481 e. The lowest BCUT2D eigenvalue weighted by molar-refractivity contribution is -0.137. The van der Waals surface area contributed by atoms with Gasteiger partial charge < -0.3 is 16.2 Å². The van der Waals surface area contributed by atoms with Crippen LogP contribution >= 0.6 is 11.3 Å². The molecule has 19 heavy (non-hydrogen) atoms. The average molecular weight is 285 g/mol. The van der Waals surface area contributed by atoms with E-state index in [9.17, 15) is 9.59 Å². The average Bonchev–Trinajstić information content (AvgIpc) is 2.76. The van der Waals surface area contributed by atoms with E-state index in [1.165, 1.54) is 11.3 Å². The SMILES string of the molecule is CC(N)c1nc(C(=O)NC(CC(=O)O)C(C)C)cs1. The summed E-state index contributed by atoms with van der Waals surface area (Å²) in [7, 11) is 0. The van der Waals surface area contributed by atoms with E-state index in [0.717, 1.165) is 0 Å². The molecule has 0 aromatic carbocycles. The minimum absolute atomic E-state index is 0.0339. The number of amides is 1. The number of carboxylic acids is 1. The number of aliphatic carboxylic acids is 1. The standard InChI is InChI=1S/C12H19N3O3S/c1-6(2)8(4-10(16)17)14-11(18)9-5-19-12(15-9)7(3)13/h5-8H,4,13H2,1-3H3,(H,14,18)(H,16,17). The highest BCUT2D eigenvalue weighted by molar-refractivity contribution is 7.09. The number of nitrogens with one attached hydrogen (secondary N) is 1. The summed E-state index contributed by atoms with van der Waals surface area (Å²) in [5, 5.41) is 13.8. The molecule has 1 amide bonds. The molecule has 0 spiro atoms. The summed E-state index contributed by atoms with van der Waals surface area (Å²) in [4.78, 5) is 26.9. The minimum atomic E-state index is -0.937. The molecule has 106 valence electrons. The Balaban J connectivity index is 2.73. The molecular formula is C12H19N3O3S. The summed E-state index contributed by atoms with van der Waals surface area (Å²) < 4.78 is 0. The van der Waals surface area contributed by atoms with Crippen LogP contribution in [0.3, 0.4) is 0 Å². The van der Waals surface area contributed by atoms with Gasteiger partial charge in [0.1, 0.15) is 10.7 Å². The highest BCUT2D eigenvalue weighted by Gasteiger charge is 2.21. The van der Waals surface area contributed by atoms with Gasteiger partial charge in [0.25, 0.3) is 5.91 Å². The number of nitrogens with two attached hydrogens (primary N) is 1. The number of nitrogens with zero attached hydrogens (tertiary/aromatic N) is 1. The number of aromatic nitrogens is 1. The summed E-state index contributed by atoms with van der Waals surface area (Å²) in [6, 6.07) is -0.628. The summed E-state index contributed by atoms with van der Waals surface area (Å²) in [6.07, 6.45) is -0.103. The number of hydrogen-bond donors (Lipinski definition) is 3. The molecule has 6 nitrogen and oxygen atoms in total. The molecule has 0 aliphatic carbocycles. The minimum Gasteiger partial charge on any atom is -0.481 e. The van der Waals surface area contributed by atoms with E-state index in [-0.39, 0.29) is 30.0 Å². The van der Waals surface area contributed by atoms with Crippen LogP contribution in [-0.4, -0.2) is 28.0 Å². The lowest BCUT2D eigenvalue weighted by Crippen LogP contribution is -2.40. The number of rotatable bonds is 6. The van der Waals surface area contributed by atoms with Crippen molar-refractivity contribution in [1.29, 1.82) is 0 Å². The van der Waals surface area contributed by atoms with E-state index in [0.29, 0.717) is 5.01 Å². The zero-order chi connectivity index (χ0) is 14.6. The van der Waals surface area contributed by atoms with Crippen molar-refractivity contribution in [3.63, 3.8) is 0 Å². The molecule has 2 unspecified atom stereocenters. The van der Waals surface area contributed by atoms with Crippen LogP contribution in [-0.2, 0) is 4.79 Å². The van der Waals surface area contributed by atoms with Crippen molar-refractivity contribution in [2.75, 3.05) is 0 Å². The fraction of sp³-hybridized carbons (Fsp3) is 0.583. The molecule has 0 saturated heterocycles. The van der Waals surface area contributed by atoms with E-state index in [1.807, 2.05) is 13.8 Å². The molecule has 2 atom stereocenters. The van der Waals surface area contributed by atoms with E-state index >= 15 is 0 Å². The topological polar surface area (TPSA) is 105 Å². The molecule has 1 aromatic heterocycles. The van der Waals surface area contributed by atoms with Gasteiger partial charge in [-0.05, 0) is 12.8 Å². The number of thiazole rings is 1. The van der Waals surface area contributed by atoms with Crippen LogP contribution in [0.5, 0.6) is 0 Å². The number of carboxylic acid groups (broad SMARTS) is 1. The first-order valence-electron chi connectivity index (χ1n) is 6.05. The van der Waals surface area contributed by atoms with Crippen LogP contribution in [0.2, 0.25) is 0 Å². The second-order valence-corrected chi connectivity index (χ2v) is 5.67. The number of carbonyl (C=O) groups is 2. The predicted octanol–water partition coefficient (Wildman–Crippen LogP) is 1.39. The van der Waals surface area contributed by atoms with E-state index < -0.39 is 12.0 Å². The van der Waals surface area contributed by atoms with Crippen molar-refractivity contribution in [1.82, 2.24) is 10.3 Å². The van der Waals surface area contributed by atoms with E-state index in [1.54, 1.807) is 12.3 Å². The smallest absolute Gasteiger partial charge is 0.305 e. The summed E-state index contributed by atoms with van der Waals surface area (Å²) in [6.45, 7) is 5.52. The molecule has 1 rings (SSSR count). The molecule has 7 heteroatoms. The third-order valence-electron chi connectivity index (χ3n) is 2.66. The van der Waals surface area contributed by atoms with Gasteiger partial charge in [0.05, 0.1) is 12.5 Å². The van der Waals surface area contributed by atoms with Crippen molar-refractivity contribution >= 4 is 23.2 Å². The van der Waals surface area contributed by atoms with Crippen molar-refractivity contribution < 1.29 is 14.7 Å². The van der Waals surface area contributed by atoms with Gasteiger partial charge in [-0.1, -0.05) is 13.8 Å². The predicted molar refractivity (Wildman–Crippen MR) is 73.1 cm³/mol. The molecule has 0 radical (unpaired) electrons. The van der Waals surface area contributed by atoms with Crippen molar-refractivity contribution in [3.8, 4) is 0 Å². The third kappa shape index (κ3) is 4.60. The van der Waals surface area contributed by atoms with Crippen LogP contribution in [0.25, 0.3) is 0 Å². The van der Waals surface area contributed by atoms with Gasteiger partial charge in [-0.15, -0.1) is 11.3 Å². The first kappa shape index (κ1) is 15.6. The first-order chi connectivity index (χ1) is 8.81.